The molecule has 0 aromatic carbocycles. The highest BCUT2D eigenvalue weighted by molar-refractivity contribution is 6.67. The largest absolute Gasteiger partial charge is 0.463 e. The molecule has 0 N–H and O–H groups in total. The lowest BCUT2D eigenvalue weighted by Crippen LogP contribution is -2.40. The smallest absolute Gasteiger partial charge is 0.414 e. The number of halogens is 3. The molecule has 0 fully saturated rings. The minimum atomic E-state index is -1.74. The van der Waals surface area contributed by atoms with Gasteiger partial charge in [0.25, 0.3) is 0 Å². The third-order valence-corrected chi connectivity index (χ3v) is 2.91. The van der Waals surface area contributed by atoms with E-state index >= 15 is 0 Å². The first-order chi connectivity index (χ1) is 10.6. The van der Waals surface area contributed by atoms with Crippen molar-refractivity contribution in [3.63, 3.8) is 0 Å². The molecule has 1 atom stereocenters. The van der Waals surface area contributed by atoms with Gasteiger partial charge in [0, 0.05) is 6.20 Å². The summed E-state index contributed by atoms with van der Waals surface area (Å²) in [5, 5.41) is 8.95. The fourth-order valence-corrected chi connectivity index (χ4v) is 1.91. The Morgan fingerprint density at radius 1 is 1.43 bits per heavy atom. The van der Waals surface area contributed by atoms with E-state index in [0.29, 0.717) is 5.57 Å². The maximum atomic E-state index is 12.1. The second-order valence-electron chi connectivity index (χ2n) is 4.94. The molecule has 0 aromatic heterocycles. The molecule has 0 spiro atoms. The number of amides is 1. The van der Waals surface area contributed by atoms with Gasteiger partial charge in [0.2, 0.25) is 3.79 Å². The number of ether oxygens (including phenoxy) is 2. The number of carbonyl (C=O) groups excluding carboxylic acids is 2. The monoisotopic (exact) mass is 380 g/mol. The van der Waals surface area contributed by atoms with Crippen molar-refractivity contribution in [2.45, 2.75) is 36.2 Å². The molecule has 6 nitrogen and oxygen atoms in total. The number of hydrogen-bond donors (Lipinski definition) is 0. The summed E-state index contributed by atoms with van der Waals surface area (Å²) in [4.78, 5) is 25.0. The third kappa shape index (κ3) is 7.12. The zero-order valence-electron chi connectivity index (χ0n) is 12.5. The molecule has 0 aromatic rings. The average molecular weight is 382 g/mol. The van der Waals surface area contributed by atoms with Gasteiger partial charge in [-0.15, -0.1) is 0 Å². The van der Waals surface area contributed by atoms with Crippen LogP contribution in [0.25, 0.3) is 0 Å². The predicted octanol–water partition coefficient (Wildman–Crippen LogP) is 3.48. The van der Waals surface area contributed by atoms with Gasteiger partial charge in [0.1, 0.15) is 6.61 Å². The predicted molar refractivity (Wildman–Crippen MR) is 85.9 cm³/mol. The SMILES string of the molecule is CC(C)OC(=O)C[C@@H]1C=C(C#N)C=CN1C(=O)OCC(Cl)(Cl)Cl. The number of nitrogens with zero attached hydrogens (tertiary/aromatic N) is 2. The van der Waals surface area contributed by atoms with Gasteiger partial charge in [0.15, 0.2) is 0 Å². The quantitative estimate of drug-likeness (QED) is 0.550. The highest BCUT2D eigenvalue weighted by Gasteiger charge is 2.30. The molecule has 1 aliphatic heterocycles. The molecule has 126 valence electrons. The first kappa shape index (κ1) is 19.6. The Morgan fingerprint density at radius 2 is 2.09 bits per heavy atom. The molecule has 1 aliphatic rings. The number of allylic oxidation sites excluding steroid dienone is 2. The van der Waals surface area contributed by atoms with E-state index in [-0.39, 0.29) is 12.5 Å². The highest BCUT2D eigenvalue weighted by atomic mass is 35.6. The number of rotatable bonds is 4. The van der Waals surface area contributed by atoms with E-state index in [1.165, 1.54) is 18.4 Å². The van der Waals surface area contributed by atoms with Crippen molar-refractivity contribution in [2.75, 3.05) is 6.61 Å². The minimum absolute atomic E-state index is 0.128. The second-order valence-corrected chi connectivity index (χ2v) is 7.45. The molecule has 0 aliphatic carbocycles. The van der Waals surface area contributed by atoms with Crippen LogP contribution in [0.2, 0.25) is 0 Å². The molecule has 0 unspecified atom stereocenters. The summed E-state index contributed by atoms with van der Waals surface area (Å²) in [5.41, 5.74) is 0.317. The van der Waals surface area contributed by atoms with Gasteiger partial charge in [-0.05, 0) is 26.0 Å². The van der Waals surface area contributed by atoms with Crippen LogP contribution < -0.4 is 0 Å². The molecule has 9 heteroatoms. The Kier molecular flexibility index (Phi) is 7.20. The summed E-state index contributed by atoms with van der Waals surface area (Å²) in [6.45, 7) is 2.98. The van der Waals surface area contributed by atoms with Crippen molar-refractivity contribution in [1.82, 2.24) is 4.90 Å². The van der Waals surface area contributed by atoms with Gasteiger partial charge in [-0.2, -0.15) is 5.26 Å². The molecule has 23 heavy (non-hydrogen) atoms. The fourth-order valence-electron chi connectivity index (χ4n) is 1.74. The van der Waals surface area contributed by atoms with E-state index in [9.17, 15) is 9.59 Å². The Labute approximate surface area is 149 Å². The molecule has 0 radical (unpaired) electrons. The first-order valence-corrected chi connectivity index (χ1v) is 7.77. The lowest BCUT2D eigenvalue weighted by Gasteiger charge is -2.28. The molecule has 1 rings (SSSR count). The van der Waals surface area contributed by atoms with Crippen LogP contribution in [-0.2, 0) is 14.3 Å². The number of carbonyl (C=O) groups is 2. The Morgan fingerprint density at radius 3 is 2.61 bits per heavy atom. The lowest BCUT2D eigenvalue weighted by atomic mass is 10.1. The molecule has 1 amide bonds. The van der Waals surface area contributed by atoms with E-state index in [1.807, 2.05) is 6.07 Å². The maximum absolute atomic E-state index is 12.1. The van der Waals surface area contributed by atoms with Crippen LogP contribution in [-0.4, -0.2) is 39.5 Å². The van der Waals surface area contributed by atoms with E-state index in [2.05, 4.69) is 0 Å². The van der Waals surface area contributed by atoms with Crippen LogP contribution in [0, 0.1) is 11.3 Å². The summed E-state index contributed by atoms with van der Waals surface area (Å²) in [7, 11) is 0. The number of hydrogen-bond acceptors (Lipinski definition) is 5. The Bertz CT molecular complexity index is 561. The molecule has 1 heterocycles. The second kappa shape index (κ2) is 8.44. The molecule has 0 saturated heterocycles. The first-order valence-electron chi connectivity index (χ1n) is 6.64. The van der Waals surface area contributed by atoms with Crippen LogP contribution in [0.5, 0.6) is 0 Å². The number of esters is 1. The van der Waals surface area contributed by atoms with Crippen LogP contribution in [0.4, 0.5) is 4.79 Å². The molecular formula is C14H15Cl3N2O4. The van der Waals surface area contributed by atoms with Crippen LogP contribution in [0.15, 0.2) is 23.9 Å². The summed E-state index contributed by atoms with van der Waals surface area (Å²) in [5.74, 6) is -0.506. The fraction of sp³-hybridized carbons (Fsp3) is 0.500. The Hall–Kier alpha value is -1.42. The number of alkyl halides is 3. The summed E-state index contributed by atoms with van der Waals surface area (Å²) >= 11 is 16.6. The summed E-state index contributed by atoms with van der Waals surface area (Å²) in [6.07, 6.45) is 3.01. The minimum Gasteiger partial charge on any atom is -0.463 e. The molecule has 0 saturated carbocycles. The maximum Gasteiger partial charge on any atom is 0.414 e. The van der Waals surface area contributed by atoms with Gasteiger partial charge in [-0.3, -0.25) is 9.69 Å². The topological polar surface area (TPSA) is 79.6 Å². The van der Waals surface area contributed by atoms with Gasteiger partial charge in [-0.1, -0.05) is 34.8 Å². The highest BCUT2D eigenvalue weighted by Crippen LogP contribution is 2.27. The van der Waals surface area contributed by atoms with Crippen molar-refractivity contribution in [3.8, 4) is 6.07 Å². The van der Waals surface area contributed by atoms with Gasteiger partial charge in [-0.25, -0.2) is 4.79 Å². The lowest BCUT2D eigenvalue weighted by molar-refractivity contribution is -0.148. The standard InChI is InChI=1S/C14H15Cl3N2O4/c1-9(2)23-12(20)6-11-5-10(7-18)3-4-19(11)13(21)22-8-14(15,16)17/h3-5,9,11H,6,8H2,1-2H3/t11-/m0/s1. The zero-order valence-corrected chi connectivity index (χ0v) is 14.7. The van der Waals surface area contributed by atoms with Crippen molar-refractivity contribution in [3.05, 3.63) is 23.9 Å². The summed E-state index contributed by atoms with van der Waals surface area (Å²) in [6, 6.07) is 1.22. The van der Waals surface area contributed by atoms with Crippen molar-refractivity contribution < 1.29 is 19.1 Å². The van der Waals surface area contributed by atoms with E-state index < -0.39 is 28.5 Å². The van der Waals surface area contributed by atoms with Crippen LogP contribution in [0.1, 0.15) is 20.3 Å². The molecule has 0 bridgehead atoms. The zero-order chi connectivity index (χ0) is 17.6. The van der Waals surface area contributed by atoms with Crippen LogP contribution in [0.3, 0.4) is 0 Å². The van der Waals surface area contributed by atoms with E-state index in [0.717, 1.165) is 4.90 Å². The molecular weight excluding hydrogens is 367 g/mol. The third-order valence-electron chi connectivity index (χ3n) is 2.59. The van der Waals surface area contributed by atoms with Gasteiger partial charge < -0.3 is 9.47 Å². The van der Waals surface area contributed by atoms with Crippen molar-refractivity contribution >= 4 is 46.9 Å². The van der Waals surface area contributed by atoms with Crippen LogP contribution >= 0.6 is 34.8 Å². The normalized spacial score (nSPS) is 17.5. The Balaban J connectivity index is 2.81. The van der Waals surface area contributed by atoms with Gasteiger partial charge >= 0.3 is 12.1 Å². The average Bonchev–Trinajstić information content (AvgIpc) is 2.42. The van der Waals surface area contributed by atoms with Crippen molar-refractivity contribution in [1.29, 1.82) is 5.26 Å². The van der Waals surface area contributed by atoms with Crippen molar-refractivity contribution in [2.24, 2.45) is 0 Å². The van der Waals surface area contributed by atoms with E-state index in [1.54, 1.807) is 13.8 Å². The number of nitriles is 1. The summed E-state index contributed by atoms with van der Waals surface area (Å²) < 4.78 is 8.19. The van der Waals surface area contributed by atoms with Gasteiger partial charge in [0.05, 0.1) is 30.2 Å². The van der Waals surface area contributed by atoms with E-state index in [4.69, 9.17) is 49.5 Å².